The summed E-state index contributed by atoms with van der Waals surface area (Å²) in [5.41, 5.74) is 0. The highest BCUT2D eigenvalue weighted by atomic mass is 32.2. The molecule has 1 fully saturated rings. The number of aliphatic carboxylic acids is 1. The molecular formula is C6H8O5S. The molecule has 68 valence electrons. The van der Waals surface area contributed by atoms with E-state index in [-0.39, 0.29) is 18.6 Å². The SMILES string of the molecule is CS(=O)(=O)C1(C(=O)O)CC(=O)C1. The molecular weight excluding hydrogens is 184 g/mol. The Morgan fingerprint density at radius 3 is 2.00 bits per heavy atom. The van der Waals surface area contributed by atoms with E-state index in [0.717, 1.165) is 6.26 Å². The Kier molecular flexibility index (Phi) is 1.75. The minimum atomic E-state index is -3.68. The summed E-state index contributed by atoms with van der Waals surface area (Å²) in [6.45, 7) is 0. The summed E-state index contributed by atoms with van der Waals surface area (Å²) in [5.74, 6) is -1.74. The van der Waals surface area contributed by atoms with E-state index in [1.54, 1.807) is 0 Å². The number of ketones is 1. The van der Waals surface area contributed by atoms with E-state index < -0.39 is 20.6 Å². The maximum absolute atomic E-state index is 11.0. The molecule has 0 aliphatic heterocycles. The van der Waals surface area contributed by atoms with E-state index in [1.807, 2.05) is 0 Å². The van der Waals surface area contributed by atoms with Gasteiger partial charge in [-0.1, -0.05) is 0 Å². The summed E-state index contributed by atoms with van der Waals surface area (Å²) in [7, 11) is -3.68. The highest BCUT2D eigenvalue weighted by molar-refractivity contribution is 7.93. The van der Waals surface area contributed by atoms with Crippen LogP contribution in [0.1, 0.15) is 12.8 Å². The van der Waals surface area contributed by atoms with E-state index in [4.69, 9.17) is 5.11 Å². The standard InChI is InChI=1S/C6H8O5S/c1-12(10,11)6(5(8)9)2-4(7)3-6/h2-3H2,1H3,(H,8,9). The summed E-state index contributed by atoms with van der Waals surface area (Å²) < 4.78 is 20.1. The molecule has 1 saturated carbocycles. The van der Waals surface area contributed by atoms with Crippen molar-refractivity contribution in [3.05, 3.63) is 0 Å². The topological polar surface area (TPSA) is 88.5 Å². The van der Waals surface area contributed by atoms with Gasteiger partial charge in [0.05, 0.1) is 0 Å². The van der Waals surface area contributed by atoms with Crippen LogP contribution in [0.2, 0.25) is 0 Å². The second-order valence-electron chi connectivity index (χ2n) is 2.96. The third kappa shape index (κ3) is 1.03. The van der Waals surface area contributed by atoms with Gasteiger partial charge in [0.25, 0.3) is 0 Å². The lowest BCUT2D eigenvalue weighted by atomic mass is 9.83. The van der Waals surface area contributed by atoms with E-state index in [0.29, 0.717) is 0 Å². The molecule has 0 atom stereocenters. The van der Waals surface area contributed by atoms with Crippen molar-refractivity contribution >= 4 is 21.6 Å². The first-order chi connectivity index (χ1) is 5.29. The molecule has 0 spiro atoms. The Balaban J connectivity index is 3.09. The molecule has 0 bridgehead atoms. The van der Waals surface area contributed by atoms with Gasteiger partial charge in [-0.2, -0.15) is 0 Å². The zero-order valence-corrected chi connectivity index (χ0v) is 7.22. The molecule has 0 saturated heterocycles. The third-order valence-corrected chi connectivity index (χ3v) is 3.95. The second-order valence-corrected chi connectivity index (χ2v) is 5.29. The van der Waals surface area contributed by atoms with Crippen LogP contribution in [0.25, 0.3) is 0 Å². The van der Waals surface area contributed by atoms with Crippen LogP contribution in [-0.4, -0.2) is 36.3 Å². The number of carboxylic acids is 1. The quantitative estimate of drug-likeness (QED) is 0.619. The van der Waals surface area contributed by atoms with E-state index >= 15 is 0 Å². The van der Waals surface area contributed by atoms with Gasteiger partial charge in [0.15, 0.2) is 14.6 Å². The molecule has 0 unspecified atom stereocenters. The fourth-order valence-electron chi connectivity index (χ4n) is 1.16. The van der Waals surface area contributed by atoms with Crippen molar-refractivity contribution < 1.29 is 23.1 Å². The zero-order valence-electron chi connectivity index (χ0n) is 6.40. The number of rotatable bonds is 2. The second kappa shape index (κ2) is 2.29. The first kappa shape index (κ1) is 9.18. The van der Waals surface area contributed by atoms with E-state index in [2.05, 4.69) is 0 Å². The summed E-state index contributed by atoms with van der Waals surface area (Å²) in [4.78, 5) is 21.1. The van der Waals surface area contributed by atoms with Gasteiger partial charge in [-0.3, -0.25) is 9.59 Å². The van der Waals surface area contributed by atoms with Gasteiger partial charge in [0.1, 0.15) is 5.78 Å². The van der Waals surface area contributed by atoms with Gasteiger partial charge >= 0.3 is 5.97 Å². The average Bonchev–Trinajstić information content (AvgIpc) is 1.76. The third-order valence-electron chi connectivity index (χ3n) is 2.06. The highest BCUT2D eigenvalue weighted by Crippen LogP contribution is 2.36. The van der Waals surface area contributed by atoms with Crippen molar-refractivity contribution in [2.75, 3.05) is 6.26 Å². The number of sulfone groups is 1. The van der Waals surface area contributed by atoms with Crippen LogP contribution in [-0.2, 0) is 19.4 Å². The Morgan fingerprint density at radius 2 is 1.92 bits per heavy atom. The largest absolute Gasteiger partial charge is 0.480 e. The lowest BCUT2D eigenvalue weighted by Crippen LogP contribution is -2.56. The van der Waals surface area contributed by atoms with E-state index in [1.165, 1.54) is 0 Å². The molecule has 5 nitrogen and oxygen atoms in total. The van der Waals surface area contributed by atoms with Crippen LogP contribution in [0.3, 0.4) is 0 Å². The molecule has 6 heteroatoms. The van der Waals surface area contributed by atoms with Crippen LogP contribution < -0.4 is 0 Å². The maximum atomic E-state index is 11.0. The predicted molar refractivity (Wildman–Crippen MR) is 39.5 cm³/mol. The lowest BCUT2D eigenvalue weighted by Gasteiger charge is -2.33. The Labute approximate surface area is 69.3 Å². The van der Waals surface area contributed by atoms with Gasteiger partial charge in [-0.05, 0) is 0 Å². The zero-order chi connectivity index (χ0) is 9.57. The normalized spacial score (nSPS) is 21.6. The van der Waals surface area contributed by atoms with Crippen LogP contribution in [0.4, 0.5) is 0 Å². The van der Waals surface area contributed by atoms with Crippen molar-refractivity contribution in [2.24, 2.45) is 0 Å². The average molecular weight is 192 g/mol. The molecule has 0 amide bonds. The van der Waals surface area contributed by atoms with Crippen molar-refractivity contribution in [3.8, 4) is 0 Å². The van der Waals surface area contributed by atoms with Crippen molar-refractivity contribution in [1.82, 2.24) is 0 Å². The molecule has 0 aromatic rings. The molecule has 0 aromatic carbocycles. The van der Waals surface area contributed by atoms with Gasteiger partial charge in [-0.25, -0.2) is 8.42 Å². The van der Waals surface area contributed by atoms with E-state index in [9.17, 15) is 18.0 Å². The van der Waals surface area contributed by atoms with Gasteiger partial charge in [0, 0.05) is 19.1 Å². The van der Waals surface area contributed by atoms with Crippen LogP contribution in [0, 0.1) is 0 Å². The van der Waals surface area contributed by atoms with Crippen molar-refractivity contribution in [1.29, 1.82) is 0 Å². The molecule has 1 rings (SSSR count). The summed E-state index contributed by atoms with van der Waals surface area (Å²) in [6, 6.07) is 0. The van der Waals surface area contributed by atoms with Crippen molar-refractivity contribution in [3.63, 3.8) is 0 Å². The lowest BCUT2D eigenvalue weighted by molar-refractivity contribution is -0.147. The Morgan fingerprint density at radius 1 is 1.50 bits per heavy atom. The summed E-state index contributed by atoms with van der Waals surface area (Å²) in [6.07, 6.45) is 0.0654. The van der Waals surface area contributed by atoms with Gasteiger partial charge in [0.2, 0.25) is 0 Å². The number of carboxylic acid groups (broad SMARTS) is 1. The smallest absolute Gasteiger partial charge is 0.325 e. The fraction of sp³-hybridized carbons (Fsp3) is 0.667. The molecule has 12 heavy (non-hydrogen) atoms. The summed E-state index contributed by atoms with van der Waals surface area (Å²) >= 11 is 0. The Hall–Kier alpha value is -0.910. The predicted octanol–water partition coefficient (Wildman–Crippen LogP) is -0.783. The number of carbonyl (C=O) groups is 2. The first-order valence-corrected chi connectivity index (χ1v) is 5.13. The fourth-order valence-corrected chi connectivity index (χ4v) is 2.32. The first-order valence-electron chi connectivity index (χ1n) is 3.24. The maximum Gasteiger partial charge on any atom is 0.325 e. The van der Waals surface area contributed by atoms with Gasteiger partial charge in [-0.15, -0.1) is 0 Å². The summed E-state index contributed by atoms with van der Waals surface area (Å²) in [5, 5.41) is 8.61. The monoisotopic (exact) mass is 192 g/mol. The van der Waals surface area contributed by atoms with Crippen LogP contribution >= 0.6 is 0 Å². The molecule has 0 heterocycles. The van der Waals surface area contributed by atoms with Crippen LogP contribution in [0.5, 0.6) is 0 Å². The molecule has 0 radical (unpaired) electrons. The minimum absolute atomic E-state index is 0.317. The Bertz CT molecular complexity index is 331. The van der Waals surface area contributed by atoms with Crippen molar-refractivity contribution in [2.45, 2.75) is 17.6 Å². The molecule has 1 aliphatic carbocycles. The highest BCUT2D eigenvalue weighted by Gasteiger charge is 2.58. The number of Topliss-reactive ketones (excluding diaryl/α,β-unsaturated/α-hetero) is 1. The van der Waals surface area contributed by atoms with Crippen LogP contribution in [0.15, 0.2) is 0 Å². The van der Waals surface area contributed by atoms with Gasteiger partial charge < -0.3 is 5.11 Å². The number of carbonyl (C=O) groups excluding carboxylic acids is 1. The number of hydrogen-bond acceptors (Lipinski definition) is 4. The number of hydrogen-bond donors (Lipinski definition) is 1. The minimum Gasteiger partial charge on any atom is -0.480 e. The molecule has 0 aromatic heterocycles. The molecule has 1 N–H and O–H groups in total. The molecule has 1 aliphatic rings.